The molecule has 122 valence electrons. The van der Waals surface area contributed by atoms with Gasteiger partial charge in [0.05, 0.1) is 20.3 Å². The van der Waals surface area contributed by atoms with Gasteiger partial charge in [-0.3, -0.25) is 0 Å². The maximum Gasteiger partial charge on any atom is 0.171 e. The molecular formula is C18H22N2O2S. The average Bonchev–Trinajstić information content (AvgIpc) is 2.55. The quantitative estimate of drug-likeness (QED) is 0.809. The Labute approximate surface area is 142 Å². The van der Waals surface area contributed by atoms with Gasteiger partial charge in [-0.1, -0.05) is 17.7 Å². The number of hydrogen-bond donors (Lipinski definition) is 2. The van der Waals surface area contributed by atoms with Crippen molar-refractivity contribution in [3.8, 4) is 11.5 Å². The van der Waals surface area contributed by atoms with Crippen molar-refractivity contribution in [1.29, 1.82) is 0 Å². The molecule has 4 nitrogen and oxygen atoms in total. The number of methoxy groups -OCH3 is 2. The Morgan fingerprint density at radius 2 is 1.74 bits per heavy atom. The van der Waals surface area contributed by atoms with Crippen LogP contribution in [-0.4, -0.2) is 19.3 Å². The molecule has 2 aromatic rings. The first kappa shape index (κ1) is 17.1. The monoisotopic (exact) mass is 330 g/mol. The van der Waals surface area contributed by atoms with Gasteiger partial charge in [0.15, 0.2) is 5.11 Å². The molecule has 23 heavy (non-hydrogen) atoms. The summed E-state index contributed by atoms with van der Waals surface area (Å²) in [6, 6.07) is 13.8. The van der Waals surface area contributed by atoms with Gasteiger partial charge in [0.25, 0.3) is 0 Å². The van der Waals surface area contributed by atoms with E-state index in [1.165, 1.54) is 5.56 Å². The zero-order valence-electron chi connectivity index (χ0n) is 13.8. The molecule has 0 saturated heterocycles. The number of rotatable bonds is 5. The van der Waals surface area contributed by atoms with Crippen LogP contribution in [0.3, 0.4) is 0 Å². The molecule has 0 aromatic heterocycles. The molecule has 2 rings (SSSR count). The fourth-order valence-corrected chi connectivity index (χ4v) is 2.60. The van der Waals surface area contributed by atoms with Crippen LogP contribution in [0.25, 0.3) is 0 Å². The molecule has 2 N–H and O–H groups in total. The topological polar surface area (TPSA) is 42.5 Å². The second-order valence-corrected chi connectivity index (χ2v) is 5.70. The first-order chi connectivity index (χ1) is 11.0. The number of anilines is 1. The summed E-state index contributed by atoms with van der Waals surface area (Å²) in [4.78, 5) is 0. The Bertz CT molecular complexity index is 671. The summed E-state index contributed by atoms with van der Waals surface area (Å²) >= 11 is 5.39. The maximum absolute atomic E-state index is 5.43. The molecule has 0 radical (unpaired) electrons. The summed E-state index contributed by atoms with van der Waals surface area (Å²) in [6.45, 7) is 4.11. The van der Waals surface area contributed by atoms with Crippen molar-refractivity contribution < 1.29 is 9.47 Å². The second-order valence-electron chi connectivity index (χ2n) is 5.29. The van der Waals surface area contributed by atoms with Crippen molar-refractivity contribution >= 4 is 23.0 Å². The zero-order chi connectivity index (χ0) is 16.8. The highest BCUT2D eigenvalue weighted by Gasteiger charge is 2.12. The minimum atomic E-state index is 0.0306. The Hall–Kier alpha value is -2.27. The van der Waals surface area contributed by atoms with Crippen molar-refractivity contribution in [2.45, 2.75) is 19.9 Å². The number of thiocarbonyl (C=S) groups is 1. The van der Waals surface area contributed by atoms with Crippen LogP contribution in [0.15, 0.2) is 42.5 Å². The van der Waals surface area contributed by atoms with Gasteiger partial charge in [-0.05, 0) is 56.4 Å². The molecule has 2 aromatic carbocycles. The fraction of sp³-hybridized carbons (Fsp3) is 0.278. The van der Waals surface area contributed by atoms with Crippen LogP contribution in [0.2, 0.25) is 0 Å². The Balaban J connectivity index is 2.03. The molecule has 5 heteroatoms. The predicted octanol–water partition coefficient (Wildman–Crippen LogP) is 4.06. The van der Waals surface area contributed by atoms with E-state index < -0.39 is 0 Å². The third-order valence-electron chi connectivity index (χ3n) is 3.55. The van der Waals surface area contributed by atoms with Crippen molar-refractivity contribution in [3.63, 3.8) is 0 Å². The van der Waals surface area contributed by atoms with Crippen LogP contribution >= 0.6 is 12.2 Å². The molecule has 0 aliphatic carbocycles. The smallest absolute Gasteiger partial charge is 0.171 e. The lowest BCUT2D eigenvalue weighted by molar-refractivity contribution is 0.405. The Morgan fingerprint density at radius 1 is 1.04 bits per heavy atom. The lowest BCUT2D eigenvalue weighted by atomic mass is 10.0. The fourth-order valence-electron chi connectivity index (χ4n) is 2.31. The summed E-state index contributed by atoms with van der Waals surface area (Å²) in [5.41, 5.74) is 3.17. The largest absolute Gasteiger partial charge is 0.497 e. The van der Waals surface area contributed by atoms with E-state index >= 15 is 0 Å². The van der Waals surface area contributed by atoms with Crippen molar-refractivity contribution in [1.82, 2.24) is 5.32 Å². The first-order valence-electron chi connectivity index (χ1n) is 7.39. The van der Waals surface area contributed by atoms with E-state index in [-0.39, 0.29) is 6.04 Å². The van der Waals surface area contributed by atoms with Crippen LogP contribution in [-0.2, 0) is 0 Å². The average molecular weight is 330 g/mol. The van der Waals surface area contributed by atoms with Crippen molar-refractivity contribution in [2.75, 3.05) is 19.5 Å². The molecule has 0 saturated carbocycles. The van der Waals surface area contributed by atoms with Crippen LogP contribution in [0.1, 0.15) is 24.1 Å². The minimum absolute atomic E-state index is 0.0306. The van der Waals surface area contributed by atoms with E-state index in [0.717, 1.165) is 22.7 Å². The van der Waals surface area contributed by atoms with Gasteiger partial charge >= 0.3 is 0 Å². The van der Waals surface area contributed by atoms with Gasteiger partial charge in [-0.15, -0.1) is 0 Å². The second kappa shape index (κ2) is 7.83. The van der Waals surface area contributed by atoms with Crippen LogP contribution in [0, 0.1) is 6.92 Å². The summed E-state index contributed by atoms with van der Waals surface area (Å²) in [7, 11) is 3.32. The highest BCUT2D eigenvalue weighted by atomic mass is 32.1. The number of hydrogen-bond acceptors (Lipinski definition) is 3. The van der Waals surface area contributed by atoms with Crippen molar-refractivity contribution in [3.05, 3.63) is 53.6 Å². The van der Waals surface area contributed by atoms with E-state index in [1.54, 1.807) is 14.2 Å². The molecular weight excluding hydrogens is 308 g/mol. The predicted molar refractivity (Wildman–Crippen MR) is 98.5 cm³/mol. The third kappa shape index (κ3) is 4.60. The number of nitrogens with one attached hydrogen (secondary N) is 2. The van der Waals surface area contributed by atoms with Gasteiger partial charge < -0.3 is 20.1 Å². The molecule has 0 unspecified atom stereocenters. The third-order valence-corrected chi connectivity index (χ3v) is 3.77. The number of aryl methyl sites for hydroxylation is 1. The van der Waals surface area contributed by atoms with E-state index in [4.69, 9.17) is 21.7 Å². The Morgan fingerprint density at radius 3 is 2.35 bits per heavy atom. The van der Waals surface area contributed by atoms with Gasteiger partial charge in [0.1, 0.15) is 11.5 Å². The van der Waals surface area contributed by atoms with Gasteiger partial charge in [-0.25, -0.2) is 0 Å². The molecule has 0 bridgehead atoms. The highest BCUT2D eigenvalue weighted by Crippen LogP contribution is 2.26. The summed E-state index contributed by atoms with van der Waals surface area (Å²) < 4.78 is 10.6. The lowest BCUT2D eigenvalue weighted by Gasteiger charge is -2.20. The van der Waals surface area contributed by atoms with Crippen LogP contribution in [0.5, 0.6) is 11.5 Å². The molecule has 0 aliphatic heterocycles. The SMILES string of the molecule is COc1ccc(NC(=S)N[C@@H](C)c2cc(C)ccc2OC)cc1. The zero-order valence-corrected chi connectivity index (χ0v) is 14.7. The highest BCUT2D eigenvalue weighted by molar-refractivity contribution is 7.80. The molecule has 1 atom stereocenters. The lowest BCUT2D eigenvalue weighted by Crippen LogP contribution is -2.31. The van der Waals surface area contributed by atoms with E-state index in [9.17, 15) is 0 Å². The van der Waals surface area contributed by atoms with E-state index in [1.807, 2.05) is 36.4 Å². The number of ether oxygens (including phenoxy) is 2. The summed E-state index contributed by atoms with van der Waals surface area (Å²) in [5, 5.41) is 7.02. The molecule has 0 heterocycles. The standard InChI is InChI=1S/C18H22N2O2S/c1-12-5-10-17(22-4)16(11-12)13(2)19-18(23)20-14-6-8-15(21-3)9-7-14/h5-11,13H,1-4H3,(H2,19,20,23)/t13-/m0/s1. The number of benzene rings is 2. The maximum atomic E-state index is 5.43. The summed E-state index contributed by atoms with van der Waals surface area (Å²) in [6.07, 6.45) is 0. The van der Waals surface area contributed by atoms with Gasteiger partial charge in [0, 0.05) is 11.3 Å². The normalized spacial score (nSPS) is 11.5. The summed E-state index contributed by atoms with van der Waals surface area (Å²) in [5.74, 6) is 1.66. The first-order valence-corrected chi connectivity index (χ1v) is 7.80. The van der Waals surface area contributed by atoms with Crippen LogP contribution in [0.4, 0.5) is 5.69 Å². The van der Waals surface area contributed by atoms with Crippen molar-refractivity contribution in [2.24, 2.45) is 0 Å². The minimum Gasteiger partial charge on any atom is -0.497 e. The van der Waals surface area contributed by atoms with Crippen LogP contribution < -0.4 is 20.1 Å². The molecule has 0 spiro atoms. The Kier molecular flexibility index (Phi) is 5.82. The van der Waals surface area contributed by atoms with Gasteiger partial charge in [0.2, 0.25) is 0 Å². The van der Waals surface area contributed by atoms with E-state index in [0.29, 0.717) is 5.11 Å². The van der Waals surface area contributed by atoms with Gasteiger partial charge in [-0.2, -0.15) is 0 Å². The molecule has 0 fully saturated rings. The van der Waals surface area contributed by atoms with E-state index in [2.05, 4.69) is 30.5 Å². The molecule has 0 amide bonds. The molecule has 0 aliphatic rings.